The van der Waals surface area contributed by atoms with Crippen LogP contribution in [0.2, 0.25) is 0 Å². The summed E-state index contributed by atoms with van der Waals surface area (Å²) in [6.07, 6.45) is 1.02. The zero-order valence-corrected chi connectivity index (χ0v) is 12.9. The van der Waals surface area contributed by atoms with Gasteiger partial charge >= 0.3 is 6.09 Å². The zero-order chi connectivity index (χ0) is 15.7. The van der Waals surface area contributed by atoms with Crippen LogP contribution in [-0.4, -0.2) is 18.3 Å². The van der Waals surface area contributed by atoms with Crippen molar-refractivity contribution in [3.63, 3.8) is 0 Å². The summed E-state index contributed by atoms with van der Waals surface area (Å²) >= 11 is 0. The maximum Gasteiger partial charge on any atom is 0.408 e. The first-order valence-electron chi connectivity index (χ1n) is 6.85. The predicted molar refractivity (Wildman–Crippen MR) is 83.0 cm³/mol. The Morgan fingerprint density at radius 1 is 1.33 bits per heavy atom. The zero-order valence-electron chi connectivity index (χ0n) is 12.9. The molecule has 1 rings (SSSR count). The Bertz CT molecular complexity index is 510. The van der Waals surface area contributed by atoms with Crippen molar-refractivity contribution in [1.29, 1.82) is 0 Å². The molecule has 1 amide bonds. The van der Waals surface area contributed by atoms with Gasteiger partial charge in [0.05, 0.1) is 12.3 Å². The fraction of sp³-hybridized carbons (Fsp3) is 0.375. The van der Waals surface area contributed by atoms with Gasteiger partial charge in [0, 0.05) is 0 Å². The lowest BCUT2D eigenvalue weighted by Gasteiger charge is -2.14. The molecule has 5 heteroatoms. The number of benzene rings is 1. The molecule has 5 nitrogen and oxygen atoms in total. The molecule has 0 radical (unpaired) electrons. The van der Waals surface area contributed by atoms with Crippen LogP contribution >= 0.6 is 0 Å². The first-order chi connectivity index (χ1) is 10.0. The summed E-state index contributed by atoms with van der Waals surface area (Å²) < 4.78 is 5.28. The van der Waals surface area contributed by atoms with E-state index in [0.29, 0.717) is 11.5 Å². The summed E-state index contributed by atoms with van der Waals surface area (Å²) in [6.45, 7) is 7.54. The molecule has 1 N–H and O–H groups in total. The van der Waals surface area contributed by atoms with Crippen LogP contribution in [0.15, 0.2) is 47.3 Å². The molecular weight excluding hydrogens is 268 g/mol. The Labute approximate surface area is 125 Å². The van der Waals surface area contributed by atoms with Crippen LogP contribution in [-0.2, 0) is 9.57 Å². The number of nitrogens with one attached hydrogen (secondary N) is 1. The first kappa shape index (κ1) is 16.8. The van der Waals surface area contributed by atoms with Crippen molar-refractivity contribution < 1.29 is 14.4 Å². The van der Waals surface area contributed by atoms with Gasteiger partial charge in [-0.15, -0.1) is 0 Å². The second-order valence-electron chi connectivity index (χ2n) is 4.63. The van der Waals surface area contributed by atoms with E-state index in [1.165, 1.54) is 0 Å². The van der Waals surface area contributed by atoms with Crippen LogP contribution in [0, 0.1) is 0 Å². The molecule has 0 aliphatic carbocycles. The number of rotatable bonds is 6. The Morgan fingerprint density at radius 2 is 2.00 bits per heavy atom. The standard InChI is InChI=1S/C16H22N2O3/c1-5-13(3)21-18-12(2)11-17-16(19)20-14(4)15-9-7-6-8-10-15/h5-10,14H,11H2,1-4H3,(H,17,19)/b13-5-,18-12-/t14-/m1/s1. The minimum Gasteiger partial charge on any atom is -0.442 e. The minimum absolute atomic E-state index is 0.275. The van der Waals surface area contributed by atoms with E-state index in [1.807, 2.05) is 44.2 Å². The van der Waals surface area contributed by atoms with E-state index in [-0.39, 0.29) is 12.6 Å². The smallest absolute Gasteiger partial charge is 0.408 e. The van der Waals surface area contributed by atoms with Crippen LogP contribution in [0.3, 0.4) is 0 Å². The van der Waals surface area contributed by atoms with Gasteiger partial charge < -0.3 is 14.9 Å². The third-order valence-electron chi connectivity index (χ3n) is 2.79. The Hall–Kier alpha value is -2.30. The lowest BCUT2D eigenvalue weighted by atomic mass is 10.1. The minimum atomic E-state index is -0.483. The van der Waals surface area contributed by atoms with E-state index in [9.17, 15) is 4.79 Å². The van der Waals surface area contributed by atoms with Crippen LogP contribution in [0.1, 0.15) is 39.4 Å². The summed E-state index contributed by atoms with van der Waals surface area (Å²) in [4.78, 5) is 16.8. The van der Waals surface area contributed by atoms with Crippen molar-refractivity contribution in [2.24, 2.45) is 5.16 Å². The Kier molecular flexibility index (Phi) is 7.01. The van der Waals surface area contributed by atoms with E-state index in [1.54, 1.807) is 19.9 Å². The average Bonchev–Trinajstić information content (AvgIpc) is 2.51. The first-order valence-corrected chi connectivity index (χ1v) is 6.85. The van der Waals surface area contributed by atoms with Gasteiger partial charge in [0.25, 0.3) is 0 Å². The molecule has 0 spiro atoms. The van der Waals surface area contributed by atoms with Gasteiger partial charge in [0.15, 0.2) is 0 Å². The number of carbonyl (C=O) groups excluding carboxylic acids is 1. The molecule has 0 saturated heterocycles. The van der Waals surface area contributed by atoms with Crippen molar-refractivity contribution in [1.82, 2.24) is 5.32 Å². The summed E-state index contributed by atoms with van der Waals surface area (Å²) in [5.41, 5.74) is 1.60. The molecule has 114 valence electrons. The topological polar surface area (TPSA) is 59.9 Å². The van der Waals surface area contributed by atoms with Crippen LogP contribution < -0.4 is 5.32 Å². The Morgan fingerprint density at radius 3 is 2.62 bits per heavy atom. The summed E-state index contributed by atoms with van der Waals surface area (Å²) in [6, 6.07) is 9.56. The van der Waals surface area contributed by atoms with Crippen LogP contribution in [0.25, 0.3) is 0 Å². The van der Waals surface area contributed by atoms with Crippen LogP contribution in [0.5, 0.6) is 0 Å². The third kappa shape index (κ3) is 6.61. The van der Waals surface area contributed by atoms with Crippen molar-refractivity contribution in [2.45, 2.75) is 33.8 Å². The van der Waals surface area contributed by atoms with Gasteiger partial charge in [-0.25, -0.2) is 4.79 Å². The largest absolute Gasteiger partial charge is 0.442 e. The number of allylic oxidation sites excluding steroid dienone is 2. The molecule has 0 aliphatic rings. The maximum atomic E-state index is 11.7. The number of alkyl carbamates (subject to hydrolysis) is 1. The van der Waals surface area contributed by atoms with Gasteiger partial charge in [0.2, 0.25) is 0 Å². The lowest BCUT2D eigenvalue weighted by molar-refractivity contribution is 0.108. The van der Waals surface area contributed by atoms with E-state index < -0.39 is 6.09 Å². The molecule has 0 heterocycles. The summed E-state index contributed by atoms with van der Waals surface area (Å²) in [7, 11) is 0. The second kappa shape index (κ2) is 8.79. The molecular formula is C16H22N2O3. The van der Waals surface area contributed by atoms with Crippen molar-refractivity contribution >= 4 is 11.8 Å². The highest BCUT2D eigenvalue weighted by molar-refractivity contribution is 5.86. The van der Waals surface area contributed by atoms with E-state index in [4.69, 9.17) is 9.57 Å². The number of carbonyl (C=O) groups is 1. The van der Waals surface area contributed by atoms with Crippen LogP contribution in [0.4, 0.5) is 4.79 Å². The lowest BCUT2D eigenvalue weighted by Crippen LogP contribution is -2.29. The monoisotopic (exact) mass is 290 g/mol. The number of oxime groups is 1. The second-order valence-corrected chi connectivity index (χ2v) is 4.63. The van der Waals surface area contributed by atoms with Crippen molar-refractivity contribution in [2.75, 3.05) is 6.54 Å². The highest BCUT2D eigenvalue weighted by atomic mass is 16.6. The molecule has 0 saturated carbocycles. The fourth-order valence-corrected chi connectivity index (χ4v) is 1.43. The van der Waals surface area contributed by atoms with Gasteiger partial charge in [-0.3, -0.25) is 0 Å². The number of amides is 1. The van der Waals surface area contributed by atoms with E-state index in [2.05, 4.69) is 10.5 Å². The number of nitrogens with zero attached hydrogens (tertiary/aromatic N) is 1. The molecule has 0 fully saturated rings. The number of hydrogen-bond donors (Lipinski definition) is 1. The Balaban J connectivity index is 2.37. The normalized spacial score (nSPS) is 13.5. The quantitative estimate of drug-likeness (QED) is 0.492. The predicted octanol–water partition coefficient (Wildman–Crippen LogP) is 3.79. The molecule has 0 bridgehead atoms. The molecule has 0 aromatic heterocycles. The summed E-state index contributed by atoms with van der Waals surface area (Å²) in [5.74, 6) is 0.703. The van der Waals surface area contributed by atoms with E-state index >= 15 is 0 Å². The third-order valence-corrected chi connectivity index (χ3v) is 2.79. The van der Waals surface area contributed by atoms with Gasteiger partial charge in [-0.05, 0) is 39.3 Å². The number of hydrogen-bond acceptors (Lipinski definition) is 4. The van der Waals surface area contributed by atoms with Gasteiger partial charge in [0.1, 0.15) is 11.9 Å². The number of ether oxygens (including phenoxy) is 1. The average molecular weight is 290 g/mol. The molecule has 0 aliphatic heterocycles. The van der Waals surface area contributed by atoms with Crippen molar-refractivity contribution in [3.05, 3.63) is 47.7 Å². The molecule has 1 aromatic rings. The molecule has 1 aromatic carbocycles. The molecule has 0 unspecified atom stereocenters. The van der Waals surface area contributed by atoms with Crippen molar-refractivity contribution in [3.8, 4) is 0 Å². The van der Waals surface area contributed by atoms with Gasteiger partial charge in [-0.2, -0.15) is 0 Å². The molecule has 1 atom stereocenters. The maximum absolute atomic E-state index is 11.7. The SMILES string of the molecule is C/C=C(/C)O/N=C(/C)CNC(=O)O[C@H](C)c1ccccc1. The highest BCUT2D eigenvalue weighted by Crippen LogP contribution is 2.15. The van der Waals surface area contributed by atoms with E-state index in [0.717, 1.165) is 5.56 Å². The highest BCUT2D eigenvalue weighted by Gasteiger charge is 2.10. The summed E-state index contributed by atoms with van der Waals surface area (Å²) in [5, 5.41) is 6.52. The fourth-order valence-electron chi connectivity index (χ4n) is 1.43. The van der Waals surface area contributed by atoms with Gasteiger partial charge in [-0.1, -0.05) is 35.5 Å². The molecule has 21 heavy (non-hydrogen) atoms.